The molecule has 0 aliphatic rings. The standard InChI is InChI=1S/C18H31NO2/c1-8-11-19-16(12-18(4,5)21-7)15-10-9-13(2)14(3)17(15)20-6/h9-10,16,19H,8,11-12H2,1-7H3. The van der Waals surface area contributed by atoms with Crippen molar-refractivity contribution >= 4 is 0 Å². The lowest BCUT2D eigenvalue weighted by Gasteiger charge is -2.31. The van der Waals surface area contributed by atoms with Crippen molar-refractivity contribution in [2.24, 2.45) is 0 Å². The van der Waals surface area contributed by atoms with Gasteiger partial charge in [-0.2, -0.15) is 0 Å². The Kier molecular flexibility index (Phi) is 6.69. The Labute approximate surface area is 130 Å². The van der Waals surface area contributed by atoms with Gasteiger partial charge in [-0.15, -0.1) is 0 Å². The quantitative estimate of drug-likeness (QED) is 0.780. The molecule has 120 valence electrons. The van der Waals surface area contributed by atoms with E-state index in [-0.39, 0.29) is 11.6 Å². The lowest BCUT2D eigenvalue weighted by molar-refractivity contribution is 0.00668. The predicted molar refractivity (Wildman–Crippen MR) is 89.2 cm³/mol. The zero-order valence-corrected chi connectivity index (χ0v) is 14.7. The van der Waals surface area contributed by atoms with Crippen molar-refractivity contribution in [1.82, 2.24) is 5.32 Å². The molecule has 3 nitrogen and oxygen atoms in total. The Morgan fingerprint density at radius 3 is 2.38 bits per heavy atom. The second kappa shape index (κ2) is 7.81. The molecule has 0 aliphatic heterocycles. The minimum Gasteiger partial charge on any atom is -0.496 e. The Morgan fingerprint density at radius 2 is 1.86 bits per heavy atom. The van der Waals surface area contributed by atoms with Crippen LogP contribution in [0.15, 0.2) is 12.1 Å². The Bertz CT molecular complexity index is 455. The van der Waals surface area contributed by atoms with E-state index >= 15 is 0 Å². The minimum atomic E-state index is -0.171. The van der Waals surface area contributed by atoms with E-state index in [0.29, 0.717) is 0 Å². The minimum absolute atomic E-state index is 0.171. The van der Waals surface area contributed by atoms with E-state index in [2.05, 4.69) is 52.1 Å². The maximum absolute atomic E-state index is 5.69. The molecule has 1 rings (SSSR count). The molecule has 21 heavy (non-hydrogen) atoms. The highest BCUT2D eigenvalue weighted by molar-refractivity contribution is 5.47. The first-order valence-corrected chi connectivity index (χ1v) is 7.79. The number of nitrogens with one attached hydrogen (secondary N) is 1. The molecule has 0 saturated heterocycles. The van der Waals surface area contributed by atoms with Crippen molar-refractivity contribution in [3.05, 3.63) is 28.8 Å². The van der Waals surface area contributed by atoms with E-state index in [1.54, 1.807) is 14.2 Å². The first-order chi connectivity index (χ1) is 9.86. The molecule has 0 radical (unpaired) electrons. The first kappa shape index (κ1) is 18.0. The fourth-order valence-corrected chi connectivity index (χ4v) is 2.54. The molecule has 3 heteroatoms. The summed E-state index contributed by atoms with van der Waals surface area (Å²) >= 11 is 0. The molecule has 0 aliphatic carbocycles. The largest absolute Gasteiger partial charge is 0.496 e. The maximum Gasteiger partial charge on any atom is 0.126 e. The van der Waals surface area contributed by atoms with Crippen molar-refractivity contribution < 1.29 is 9.47 Å². The smallest absolute Gasteiger partial charge is 0.126 e. The molecule has 1 aromatic rings. The van der Waals surface area contributed by atoms with E-state index in [1.807, 2.05) is 0 Å². The summed E-state index contributed by atoms with van der Waals surface area (Å²) in [4.78, 5) is 0. The summed E-state index contributed by atoms with van der Waals surface area (Å²) in [6.07, 6.45) is 2.01. The molecule has 0 spiro atoms. The molecule has 1 aromatic carbocycles. The summed E-state index contributed by atoms with van der Waals surface area (Å²) in [5.74, 6) is 0.996. The number of methoxy groups -OCH3 is 2. The third-order valence-electron chi connectivity index (χ3n) is 4.18. The molecule has 1 unspecified atom stereocenters. The molecule has 0 bridgehead atoms. The highest BCUT2D eigenvalue weighted by Crippen LogP contribution is 2.35. The van der Waals surface area contributed by atoms with E-state index in [0.717, 1.165) is 25.1 Å². The van der Waals surface area contributed by atoms with Gasteiger partial charge in [0, 0.05) is 18.7 Å². The molecule has 0 saturated carbocycles. The van der Waals surface area contributed by atoms with Gasteiger partial charge in [0.2, 0.25) is 0 Å². The average molecular weight is 293 g/mol. The summed E-state index contributed by atoms with van der Waals surface area (Å²) in [6, 6.07) is 4.59. The van der Waals surface area contributed by atoms with Crippen LogP contribution >= 0.6 is 0 Å². The number of rotatable bonds is 8. The van der Waals surface area contributed by atoms with Crippen molar-refractivity contribution in [1.29, 1.82) is 0 Å². The van der Waals surface area contributed by atoms with Gasteiger partial charge in [-0.25, -0.2) is 0 Å². The van der Waals surface area contributed by atoms with Crippen LogP contribution in [0.4, 0.5) is 0 Å². The van der Waals surface area contributed by atoms with Gasteiger partial charge in [0.1, 0.15) is 5.75 Å². The van der Waals surface area contributed by atoms with Crippen LogP contribution in [0, 0.1) is 13.8 Å². The van der Waals surface area contributed by atoms with Gasteiger partial charge < -0.3 is 14.8 Å². The van der Waals surface area contributed by atoms with Crippen molar-refractivity contribution in [3.63, 3.8) is 0 Å². The van der Waals surface area contributed by atoms with Crippen molar-refractivity contribution in [2.75, 3.05) is 20.8 Å². The van der Waals surface area contributed by atoms with Crippen LogP contribution < -0.4 is 10.1 Å². The zero-order chi connectivity index (χ0) is 16.0. The first-order valence-electron chi connectivity index (χ1n) is 7.79. The number of aryl methyl sites for hydroxylation is 1. The molecule has 0 fully saturated rings. The van der Waals surface area contributed by atoms with E-state index < -0.39 is 0 Å². The SMILES string of the molecule is CCCNC(CC(C)(C)OC)c1ccc(C)c(C)c1OC. The van der Waals surface area contributed by atoms with E-state index in [1.165, 1.54) is 16.7 Å². The van der Waals surface area contributed by atoms with E-state index in [4.69, 9.17) is 9.47 Å². The fourth-order valence-electron chi connectivity index (χ4n) is 2.54. The summed E-state index contributed by atoms with van der Waals surface area (Å²) in [6.45, 7) is 11.7. The van der Waals surface area contributed by atoms with Crippen LogP contribution in [0.2, 0.25) is 0 Å². The third kappa shape index (κ3) is 4.72. The average Bonchev–Trinajstić information content (AvgIpc) is 2.46. The molecule has 0 amide bonds. The van der Waals surface area contributed by atoms with Crippen LogP contribution in [0.3, 0.4) is 0 Å². The van der Waals surface area contributed by atoms with Crippen LogP contribution in [0.25, 0.3) is 0 Å². The molecule has 1 atom stereocenters. The second-order valence-corrected chi connectivity index (χ2v) is 6.30. The summed E-state index contributed by atoms with van der Waals surface area (Å²) < 4.78 is 11.3. The monoisotopic (exact) mass is 293 g/mol. The number of hydrogen-bond acceptors (Lipinski definition) is 3. The molecular formula is C18H31NO2. The fraction of sp³-hybridized carbons (Fsp3) is 0.667. The van der Waals surface area contributed by atoms with Gasteiger partial charge in [0.15, 0.2) is 0 Å². The summed E-state index contributed by atoms with van der Waals surface area (Å²) in [7, 11) is 3.53. The predicted octanol–water partition coefficient (Wildman–Crippen LogP) is 4.17. The van der Waals surface area contributed by atoms with Gasteiger partial charge in [-0.05, 0) is 58.2 Å². The lowest BCUT2D eigenvalue weighted by atomic mass is 9.91. The van der Waals surface area contributed by atoms with Gasteiger partial charge in [-0.1, -0.05) is 19.1 Å². The number of ether oxygens (including phenoxy) is 2. The Hall–Kier alpha value is -1.06. The molecule has 1 N–H and O–H groups in total. The number of benzene rings is 1. The highest BCUT2D eigenvalue weighted by atomic mass is 16.5. The van der Waals surface area contributed by atoms with E-state index in [9.17, 15) is 0 Å². The Morgan fingerprint density at radius 1 is 1.19 bits per heavy atom. The summed E-state index contributed by atoms with van der Waals surface area (Å²) in [5.41, 5.74) is 3.53. The molecule has 0 heterocycles. The van der Waals surface area contributed by atoms with Crippen LogP contribution in [-0.4, -0.2) is 26.4 Å². The van der Waals surface area contributed by atoms with Crippen LogP contribution in [0.5, 0.6) is 5.75 Å². The topological polar surface area (TPSA) is 30.5 Å². The molecular weight excluding hydrogens is 262 g/mol. The van der Waals surface area contributed by atoms with Crippen LogP contribution in [-0.2, 0) is 4.74 Å². The van der Waals surface area contributed by atoms with Gasteiger partial charge in [0.05, 0.1) is 12.7 Å². The van der Waals surface area contributed by atoms with Gasteiger partial charge in [0.25, 0.3) is 0 Å². The van der Waals surface area contributed by atoms with Crippen LogP contribution in [0.1, 0.15) is 56.3 Å². The zero-order valence-electron chi connectivity index (χ0n) is 14.7. The number of hydrogen-bond donors (Lipinski definition) is 1. The maximum atomic E-state index is 5.69. The van der Waals surface area contributed by atoms with Gasteiger partial charge >= 0.3 is 0 Å². The lowest BCUT2D eigenvalue weighted by Crippen LogP contribution is -2.32. The second-order valence-electron chi connectivity index (χ2n) is 6.30. The third-order valence-corrected chi connectivity index (χ3v) is 4.18. The van der Waals surface area contributed by atoms with Gasteiger partial charge in [-0.3, -0.25) is 0 Å². The van der Waals surface area contributed by atoms with Crippen molar-refractivity contribution in [3.8, 4) is 5.75 Å². The molecule has 0 aromatic heterocycles. The summed E-state index contributed by atoms with van der Waals surface area (Å²) in [5, 5.41) is 3.64. The normalized spacial score (nSPS) is 13.3. The highest BCUT2D eigenvalue weighted by Gasteiger charge is 2.26. The Balaban J connectivity index is 3.16. The van der Waals surface area contributed by atoms with Crippen molar-refractivity contribution in [2.45, 2.75) is 59.1 Å².